The lowest BCUT2D eigenvalue weighted by molar-refractivity contribution is 0.198. The van der Waals surface area contributed by atoms with Crippen LogP contribution in [0.4, 0.5) is 0 Å². The van der Waals surface area contributed by atoms with Crippen molar-refractivity contribution in [3.8, 4) is 0 Å². The summed E-state index contributed by atoms with van der Waals surface area (Å²) < 4.78 is 7.09. The van der Waals surface area contributed by atoms with Crippen LogP contribution in [0.2, 0.25) is 0 Å². The minimum atomic E-state index is 0.379. The van der Waals surface area contributed by atoms with Crippen molar-refractivity contribution in [2.24, 2.45) is 0 Å². The van der Waals surface area contributed by atoms with E-state index in [1.54, 1.807) is 7.11 Å². The molecule has 1 aromatic rings. The summed E-state index contributed by atoms with van der Waals surface area (Å²) in [5, 5.41) is 7.91. The SMILES string of the molecule is COCCNCC(C)n1nc(C)c(C)c1C. The Labute approximate surface area is 98.0 Å². The third-order valence-electron chi connectivity index (χ3n) is 3.03. The van der Waals surface area contributed by atoms with Crippen molar-refractivity contribution in [1.82, 2.24) is 15.1 Å². The summed E-state index contributed by atoms with van der Waals surface area (Å²) in [6, 6.07) is 0.379. The van der Waals surface area contributed by atoms with E-state index in [-0.39, 0.29) is 0 Å². The van der Waals surface area contributed by atoms with Crippen molar-refractivity contribution < 1.29 is 4.74 Å². The van der Waals surface area contributed by atoms with Gasteiger partial charge < -0.3 is 10.1 Å². The number of hydrogen-bond donors (Lipinski definition) is 1. The molecule has 1 rings (SSSR count). The van der Waals surface area contributed by atoms with E-state index in [0.29, 0.717) is 6.04 Å². The van der Waals surface area contributed by atoms with Gasteiger partial charge in [-0.1, -0.05) is 0 Å². The standard InChI is InChI=1S/C12H23N3O/c1-9(8-13-6-7-16-5)15-12(4)10(2)11(3)14-15/h9,13H,6-8H2,1-5H3. The molecule has 1 N–H and O–H groups in total. The van der Waals surface area contributed by atoms with Crippen LogP contribution in [0.25, 0.3) is 0 Å². The third kappa shape index (κ3) is 3.06. The molecule has 0 spiro atoms. The van der Waals surface area contributed by atoms with Crippen LogP contribution in [0.1, 0.15) is 29.9 Å². The number of nitrogens with zero attached hydrogens (tertiary/aromatic N) is 2. The van der Waals surface area contributed by atoms with Crippen LogP contribution in [0.3, 0.4) is 0 Å². The summed E-state index contributed by atoms with van der Waals surface area (Å²) in [6.07, 6.45) is 0. The van der Waals surface area contributed by atoms with Crippen molar-refractivity contribution in [3.63, 3.8) is 0 Å². The van der Waals surface area contributed by atoms with Gasteiger partial charge in [0.25, 0.3) is 0 Å². The lowest BCUT2D eigenvalue weighted by atomic mass is 10.2. The zero-order chi connectivity index (χ0) is 12.1. The van der Waals surface area contributed by atoms with Crippen LogP contribution in [0, 0.1) is 20.8 Å². The summed E-state index contributed by atoms with van der Waals surface area (Å²) in [7, 11) is 1.72. The van der Waals surface area contributed by atoms with Crippen LogP contribution in [0.15, 0.2) is 0 Å². The van der Waals surface area contributed by atoms with E-state index >= 15 is 0 Å². The highest BCUT2D eigenvalue weighted by Crippen LogP contribution is 2.15. The first-order valence-electron chi connectivity index (χ1n) is 5.80. The summed E-state index contributed by atoms with van der Waals surface area (Å²) in [5.74, 6) is 0. The number of aromatic nitrogens is 2. The van der Waals surface area contributed by atoms with Crippen LogP contribution in [-0.4, -0.2) is 36.6 Å². The normalized spacial score (nSPS) is 13.1. The molecule has 0 aliphatic heterocycles. The van der Waals surface area contributed by atoms with E-state index in [4.69, 9.17) is 4.74 Å². The summed E-state index contributed by atoms with van der Waals surface area (Å²) in [4.78, 5) is 0. The number of hydrogen-bond acceptors (Lipinski definition) is 3. The molecule has 0 amide bonds. The Morgan fingerprint density at radius 3 is 2.56 bits per heavy atom. The lowest BCUT2D eigenvalue weighted by Crippen LogP contribution is -2.27. The Bertz CT molecular complexity index is 333. The van der Waals surface area contributed by atoms with Crippen molar-refractivity contribution in [3.05, 3.63) is 17.0 Å². The van der Waals surface area contributed by atoms with Gasteiger partial charge in [-0.05, 0) is 33.3 Å². The van der Waals surface area contributed by atoms with E-state index in [9.17, 15) is 0 Å². The van der Waals surface area contributed by atoms with Gasteiger partial charge >= 0.3 is 0 Å². The van der Waals surface area contributed by atoms with Crippen molar-refractivity contribution in [2.75, 3.05) is 26.8 Å². The zero-order valence-corrected chi connectivity index (χ0v) is 11.0. The second-order valence-electron chi connectivity index (χ2n) is 4.29. The number of methoxy groups -OCH3 is 1. The maximum atomic E-state index is 4.99. The molecule has 0 bridgehead atoms. The Morgan fingerprint density at radius 1 is 1.38 bits per heavy atom. The van der Waals surface area contributed by atoms with Crippen LogP contribution in [0.5, 0.6) is 0 Å². The average molecular weight is 225 g/mol. The quantitative estimate of drug-likeness (QED) is 0.748. The second-order valence-corrected chi connectivity index (χ2v) is 4.29. The molecule has 0 aromatic carbocycles. The summed E-state index contributed by atoms with van der Waals surface area (Å²) in [5.41, 5.74) is 3.68. The van der Waals surface area contributed by atoms with Crippen molar-refractivity contribution in [2.45, 2.75) is 33.7 Å². The molecule has 0 saturated heterocycles. The molecule has 1 atom stereocenters. The van der Waals surface area contributed by atoms with Gasteiger partial charge in [0.2, 0.25) is 0 Å². The molecular weight excluding hydrogens is 202 g/mol. The Morgan fingerprint density at radius 2 is 2.06 bits per heavy atom. The van der Waals surface area contributed by atoms with Crippen LogP contribution in [-0.2, 0) is 4.74 Å². The predicted octanol–water partition coefficient (Wildman–Crippen LogP) is 1.61. The van der Waals surface area contributed by atoms with Crippen LogP contribution >= 0.6 is 0 Å². The maximum Gasteiger partial charge on any atom is 0.0625 e. The predicted molar refractivity (Wildman–Crippen MR) is 65.9 cm³/mol. The fourth-order valence-electron chi connectivity index (χ4n) is 1.75. The monoisotopic (exact) mass is 225 g/mol. The molecule has 0 saturated carbocycles. The van der Waals surface area contributed by atoms with Crippen molar-refractivity contribution in [1.29, 1.82) is 0 Å². The number of ether oxygens (including phenoxy) is 1. The topological polar surface area (TPSA) is 39.1 Å². The average Bonchev–Trinajstić information content (AvgIpc) is 2.52. The van der Waals surface area contributed by atoms with E-state index in [1.807, 2.05) is 0 Å². The van der Waals surface area contributed by atoms with Crippen molar-refractivity contribution >= 4 is 0 Å². The van der Waals surface area contributed by atoms with Gasteiger partial charge in [-0.3, -0.25) is 4.68 Å². The number of aryl methyl sites for hydroxylation is 1. The fourth-order valence-corrected chi connectivity index (χ4v) is 1.75. The second kappa shape index (κ2) is 6.01. The highest BCUT2D eigenvalue weighted by molar-refractivity contribution is 5.22. The summed E-state index contributed by atoms with van der Waals surface area (Å²) in [6.45, 7) is 11.1. The molecule has 16 heavy (non-hydrogen) atoms. The van der Waals surface area contributed by atoms with Crippen LogP contribution < -0.4 is 5.32 Å². The molecule has 1 aromatic heterocycles. The highest BCUT2D eigenvalue weighted by Gasteiger charge is 2.12. The maximum absolute atomic E-state index is 4.99. The fraction of sp³-hybridized carbons (Fsp3) is 0.750. The molecule has 4 nitrogen and oxygen atoms in total. The number of rotatable bonds is 6. The first-order chi connectivity index (χ1) is 7.57. The lowest BCUT2D eigenvalue weighted by Gasteiger charge is -2.15. The molecule has 92 valence electrons. The number of nitrogens with one attached hydrogen (secondary N) is 1. The molecule has 0 aliphatic carbocycles. The molecule has 0 fully saturated rings. The Kier molecular flexibility index (Phi) is 4.96. The molecule has 0 radical (unpaired) electrons. The molecule has 1 heterocycles. The largest absolute Gasteiger partial charge is 0.383 e. The smallest absolute Gasteiger partial charge is 0.0625 e. The van der Waals surface area contributed by atoms with Gasteiger partial charge in [-0.25, -0.2) is 0 Å². The molecule has 0 aliphatic rings. The first kappa shape index (κ1) is 13.2. The van der Waals surface area contributed by atoms with E-state index < -0.39 is 0 Å². The Hall–Kier alpha value is -0.870. The minimum Gasteiger partial charge on any atom is -0.383 e. The highest BCUT2D eigenvalue weighted by atomic mass is 16.5. The van der Waals surface area contributed by atoms with Gasteiger partial charge in [0.05, 0.1) is 18.3 Å². The van der Waals surface area contributed by atoms with Gasteiger partial charge in [0.15, 0.2) is 0 Å². The van der Waals surface area contributed by atoms with Gasteiger partial charge in [0, 0.05) is 25.9 Å². The summed E-state index contributed by atoms with van der Waals surface area (Å²) >= 11 is 0. The molecule has 1 unspecified atom stereocenters. The van der Waals surface area contributed by atoms with Gasteiger partial charge in [-0.2, -0.15) is 5.10 Å². The third-order valence-corrected chi connectivity index (χ3v) is 3.03. The van der Waals surface area contributed by atoms with E-state index in [0.717, 1.165) is 25.4 Å². The zero-order valence-electron chi connectivity index (χ0n) is 11.0. The molecular formula is C12H23N3O. The first-order valence-corrected chi connectivity index (χ1v) is 5.80. The van der Waals surface area contributed by atoms with E-state index in [1.165, 1.54) is 11.3 Å². The molecule has 4 heteroatoms. The minimum absolute atomic E-state index is 0.379. The van der Waals surface area contributed by atoms with Gasteiger partial charge in [-0.15, -0.1) is 0 Å². The van der Waals surface area contributed by atoms with Gasteiger partial charge in [0.1, 0.15) is 0 Å². The van der Waals surface area contributed by atoms with E-state index in [2.05, 4.69) is 42.8 Å². The Balaban J connectivity index is 2.52.